The summed E-state index contributed by atoms with van der Waals surface area (Å²) in [4.78, 5) is 3.58. The van der Waals surface area contributed by atoms with Crippen molar-refractivity contribution in [2.24, 2.45) is 0 Å². The summed E-state index contributed by atoms with van der Waals surface area (Å²) in [6.07, 6.45) is 2.44. The number of hydrogen-bond donors (Lipinski definition) is 0. The second kappa shape index (κ2) is 3.62. The van der Waals surface area contributed by atoms with Gasteiger partial charge < -0.3 is 4.74 Å². The highest BCUT2D eigenvalue weighted by molar-refractivity contribution is 5.39. The minimum atomic E-state index is -2.92. The molecule has 0 spiro atoms. The Labute approximate surface area is 67.2 Å². The largest absolute Gasteiger partial charge is 0.433 e. The van der Waals surface area contributed by atoms with E-state index in [4.69, 9.17) is 5.26 Å². The Morgan fingerprint density at radius 2 is 2.33 bits per heavy atom. The summed E-state index contributed by atoms with van der Waals surface area (Å²) in [5.74, 6) is -0.150. The van der Waals surface area contributed by atoms with E-state index in [2.05, 4.69) is 9.72 Å². The molecule has 62 valence electrons. The molecule has 0 unspecified atom stereocenters. The quantitative estimate of drug-likeness (QED) is 0.676. The Morgan fingerprint density at radius 3 is 2.92 bits per heavy atom. The van der Waals surface area contributed by atoms with E-state index in [1.807, 2.05) is 0 Å². The molecule has 1 heterocycles. The van der Waals surface area contributed by atoms with Crippen molar-refractivity contribution in [2.45, 2.75) is 6.61 Å². The molecule has 1 aromatic heterocycles. The number of nitrogens with zero attached hydrogens (tertiary/aromatic N) is 2. The molecule has 0 aliphatic rings. The van der Waals surface area contributed by atoms with Crippen LogP contribution in [0.25, 0.3) is 0 Å². The molecule has 0 bridgehead atoms. The second-order valence-electron chi connectivity index (χ2n) is 1.86. The molecule has 0 amide bonds. The lowest BCUT2D eigenvalue weighted by molar-refractivity contribution is -0.0500. The molecule has 0 N–H and O–H groups in total. The van der Waals surface area contributed by atoms with Crippen LogP contribution in [0.1, 0.15) is 5.56 Å². The highest BCUT2D eigenvalue weighted by atomic mass is 19.3. The Morgan fingerprint density at radius 1 is 1.58 bits per heavy atom. The minimum absolute atomic E-state index is 0.00204. The molecule has 1 aromatic rings. The van der Waals surface area contributed by atoms with Crippen molar-refractivity contribution in [1.29, 1.82) is 5.26 Å². The fourth-order valence-electron chi connectivity index (χ4n) is 0.664. The van der Waals surface area contributed by atoms with Crippen molar-refractivity contribution in [3.8, 4) is 11.8 Å². The van der Waals surface area contributed by atoms with Crippen molar-refractivity contribution in [3.05, 3.63) is 24.0 Å². The number of rotatable bonds is 2. The Kier molecular flexibility index (Phi) is 2.53. The van der Waals surface area contributed by atoms with Gasteiger partial charge in [-0.15, -0.1) is 0 Å². The van der Waals surface area contributed by atoms with Crippen LogP contribution >= 0.6 is 0 Å². The smallest absolute Gasteiger partial charge is 0.387 e. The van der Waals surface area contributed by atoms with Gasteiger partial charge in [0.25, 0.3) is 0 Å². The molecule has 3 nitrogen and oxygen atoms in total. The van der Waals surface area contributed by atoms with E-state index in [1.54, 1.807) is 6.07 Å². The predicted molar refractivity (Wildman–Crippen MR) is 35.6 cm³/mol. The van der Waals surface area contributed by atoms with Crippen LogP contribution in [0.5, 0.6) is 5.75 Å². The molecular weight excluding hydrogens is 166 g/mol. The zero-order valence-corrected chi connectivity index (χ0v) is 5.87. The molecule has 0 aliphatic carbocycles. The molecule has 0 aromatic carbocycles. The van der Waals surface area contributed by atoms with E-state index in [0.717, 1.165) is 6.20 Å². The zero-order valence-electron chi connectivity index (χ0n) is 5.87. The average molecular weight is 170 g/mol. The van der Waals surface area contributed by atoms with Gasteiger partial charge in [-0.1, -0.05) is 0 Å². The fourth-order valence-corrected chi connectivity index (χ4v) is 0.664. The fraction of sp³-hybridized carbons (Fsp3) is 0.143. The molecule has 0 aliphatic heterocycles. The molecule has 0 fully saturated rings. The lowest BCUT2D eigenvalue weighted by atomic mass is 10.3. The molecule has 0 radical (unpaired) electrons. The van der Waals surface area contributed by atoms with E-state index in [0.29, 0.717) is 0 Å². The maximum absolute atomic E-state index is 11.7. The van der Waals surface area contributed by atoms with Crippen LogP contribution in [0.15, 0.2) is 18.5 Å². The predicted octanol–water partition coefficient (Wildman–Crippen LogP) is 1.55. The minimum Gasteiger partial charge on any atom is -0.433 e. The average Bonchev–Trinajstić information content (AvgIpc) is 2.04. The Bertz CT molecular complexity index is 309. The van der Waals surface area contributed by atoms with E-state index in [-0.39, 0.29) is 11.3 Å². The summed E-state index contributed by atoms with van der Waals surface area (Å²) >= 11 is 0. The van der Waals surface area contributed by atoms with Gasteiger partial charge in [0.15, 0.2) is 0 Å². The van der Waals surface area contributed by atoms with Gasteiger partial charge in [0, 0.05) is 18.5 Å². The summed E-state index contributed by atoms with van der Waals surface area (Å²) in [5, 5.41) is 8.42. The molecule has 5 heteroatoms. The Hall–Kier alpha value is -1.70. The van der Waals surface area contributed by atoms with Gasteiger partial charge in [0.2, 0.25) is 0 Å². The van der Waals surface area contributed by atoms with Gasteiger partial charge in [0.1, 0.15) is 17.4 Å². The second-order valence-corrected chi connectivity index (χ2v) is 1.86. The van der Waals surface area contributed by atoms with Crippen LogP contribution in [-0.2, 0) is 0 Å². The third-order valence-electron chi connectivity index (χ3n) is 1.12. The number of aromatic nitrogens is 1. The molecule has 12 heavy (non-hydrogen) atoms. The SMILES string of the molecule is N#Cc1cnccc1OC(F)F. The summed E-state index contributed by atoms with van der Waals surface area (Å²) in [5.41, 5.74) is -0.00204. The maximum Gasteiger partial charge on any atom is 0.387 e. The Balaban J connectivity index is 2.91. The summed E-state index contributed by atoms with van der Waals surface area (Å²) < 4.78 is 27.4. The summed E-state index contributed by atoms with van der Waals surface area (Å²) in [6, 6.07) is 2.89. The van der Waals surface area contributed by atoms with E-state index in [9.17, 15) is 8.78 Å². The third kappa shape index (κ3) is 1.89. The monoisotopic (exact) mass is 170 g/mol. The van der Waals surface area contributed by atoms with Crippen LogP contribution in [0.2, 0.25) is 0 Å². The number of pyridine rings is 1. The number of halogens is 2. The molecule has 0 saturated heterocycles. The molecule has 0 atom stereocenters. The van der Waals surface area contributed by atoms with Crippen molar-refractivity contribution >= 4 is 0 Å². The van der Waals surface area contributed by atoms with Gasteiger partial charge >= 0.3 is 6.61 Å². The van der Waals surface area contributed by atoms with Crippen molar-refractivity contribution < 1.29 is 13.5 Å². The van der Waals surface area contributed by atoms with E-state index in [1.165, 1.54) is 12.3 Å². The molecular formula is C7H4F2N2O. The third-order valence-corrected chi connectivity index (χ3v) is 1.12. The van der Waals surface area contributed by atoms with Crippen LogP contribution in [0.3, 0.4) is 0 Å². The first kappa shape index (κ1) is 8.40. The van der Waals surface area contributed by atoms with Crippen molar-refractivity contribution in [3.63, 3.8) is 0 Å². The first-order valence-electron chi connectivity index (χ1n) is 3.03. The maximum atomic E-state index is 11.7. The van der Waals surface area contributed by atoms with Crippen molar-refractivity contribution in [1.82, 2.24) is 4.98 Å². The summed E-state index contributed by atoms with van der Waals surface area (Å²) in [7, 11) is 0. The topological polar surface area (TPSA) is 45.9 Å². The van der Waals surface area contributed by atoms with Gasteiger partial charge in [-0.3, -0.25) is 4.98 Å². The van der Waals surface area contributed by atoms with Crippen LogP contribution < -0.4 is 4.74 Å². The highest BCUT2D eigenvalue weighted by Gasteiger charge is 2.08. The molecule has 1 rings (SSSR count). The lowest BCUT2D eigenvalue weighted by Gasteiger charge is -2.03. The summed E-state index contributed by atoms with van der Waals surface area (Å²) in [6.45, 7) is -2.92. The van der Waals surface area contributed by atoms with E-state index < -0.39 is 6.61 Å². The number of alkyl halides is 2. The zero-order chi connectivity index (χ0) is 8.97. The number of ether oxygens (including phenoxy) is 1. The first-order valence-corrected chi connectivity index (χ1v) is 3.03. The lowest BCUT2D eigenvalue weighted by Crippen LogP contribution is -2.03. The van der Waals surface area contributed by atoms with Gasteiger partial charge in [-0.05, 0) is 0 Å². The van der Waals surface area contributed by atoms with Gasteiger partial charge in [-0.2, -0.15) is 14.0 Å². The highest BCUT2D eigenvalue weighted by Crippen LogP contribution is 2.17. The molecule has 0 saturated carbocycles. The van der Waals surface area contributed by atoms with Gasteiger partial charge in [0.05, 0.1) is 0 Å². The van der Waals surface area contributed by atoms with Crippen LogP contribution in [-0.4, -0.2) is 11.6 Å². The van der Waals surface area contributed by atoms with Crippen molar-refractivity contribution in [2.75, 3.05) is 0 Å². The first-order chi connectivity index (χ1) is 5.74. The van der Waals surface area contributed by atoms with Gasteiger partial charge in [-0.25, -0.2) is 0 Å². The van der Waals surface area contributed by atoms with Crippen LogP contribution in [0.4, 0.5) is 8.78 Å². The number of hydrogen-bond acceptors (Lipinski definition) is 3. The van der Waals surface area contributed by atoms with Crippen LogP contribution in [0, 0.1) is 11.3 Å². The normalized spacial score (nSPS) is 9.50. The standard InChI is InChI=1S/C7H4F2N2O/c8-7(9)12-6-1-2-11-4-5(6)3-10/h1-2,4,7H. The number of nitriles is 1. The van der Waals surface area contributed by atoms with E-state index >= 15 is 0 Å².